The molecule has 3 nitrogen and oxygen atoms in total. The summed E-state index contributed by atoms with van der Waals surface area (Å²) in [6.07, 6.45) is 3.36. The van der Waals surface area contributed by atoms with Crippen molar-refractivity contribution < 1.29 is 9.13 Å². The van der Waals surface area contributed by atoms with E-state index in [1.54, 1.807) is 12.1 Å². The van der Waals surface area contributed by atoms with Gasteiger partial charge in [-0.05, 0) is 37.9 Å². The van der Waals surface area contributed by atoms with Gasteiger partial charge in [-0.1, -0.05) is 24.6 Å². The van der Waals surface area contributed by atoms with Gasteiger partial charge in [-0.2, -0.15) is 0 Å². The van der Waals surface area contributed by atoms with E-state index in [0.29, 0.717) is 17.1 Å². The molecule has 1 fully saturated rings. The second kappa shape index (κ2) is 8.08. The van der Waals surface area contributed by atoms with Crippen LogP contribution in [0.5, 0.6) is 0 Å². The standard InChI is InChI=1S/C16H24ClFN2O/c1-2-8-21-13-4-3-7-20(11-13)16(10-19)14-6-5-12(17)9-15(14)18/h5-6,9,13,16H,2-4,7-8,10-11,19H2,1H3. The average Bonchev–Trinajstić information content (AvgIpc) is 2.48. The van der Waals surface area contributed by atoms with E-state index in [0.717, 1.165) is 39.0 Å². The summed E-state index contributed by atoms with van der Waals surface area (Å²) in [6.45, 7) is 5.01. The Bertz CT molecular complexity index is 458. The Labute approximate surface area is 131 Å². The molecule has 0 aliphatic carbocycles. The largest absolute Gasteiger partial charge is 0.377 e. The molecule has 1 aromatic carbocycles. The Morgan fingerprint density at radius 2 is 2.33 bits per heavy atom. The van der Waals surface area contributed by atoms with E-state index in [4.69, 9.17) is 22.1 Å². The second-order valence-electron chi connectivity index (χ2n) is 5.55. The number of halogens is 2. The lowest BCUT2D eigenvalue weighted by Crippen LogP contribution is -2.44. The second-order valence-corrected chi connectivity index (χ2v) is 5.98. The zero-order chi connectivity index (χ0) is 15.2. The fourth-order valence-corrected chi connectivity index (χ4v) is 3.07. The third-order valence-corrected chi connectivity index (χ3v) is 4.19. The van der Waals surface area contributed by atoms with Crippen molar-refractivity contribution in [2.75, 3.05) is 26.2 Å². The van der Waals surface area contributed by atoms with Crippen LogP contribution in [0.25, 0.3) is 0 Å². The number of ether oxygens (including phenoxy) is 1. The van der Waals surface area contributed by atoms with E-state index in [1.165, 1.54) is 6.07 Å². The first-order valence-electron chi connectivity index (χ1n) is 7.66. The minimum absolute atomic E-state index is 0.115. The average molecular weight is 315 g/mol. The summed E-state index contributed by atoms with van der Waals surface area (Å²) >= 11 is 5.83. The molecule has 1 heterocycles. The summed E-state index contributed by atoms with van der Waals surface area (Å²) < 4.78 is 20.0. The molecule has 1 aromatic rings. The molecule has 2 rings (SSSR count). The lowest BCUT2D eigenvalue weighted by atomic mass is 10.00. The molecular weight excluding hydrogens is 291 g/mol. The molecule has 21 heavy (non-hydrogen) atoms. The highest BCUT2D eigenvalue weighted by Crippen LogP contribution is 2.28. The van der Waals surface area contributed by atoms with E-state index in [-0.39, 0.29) is 18.0 Å². The zero-order valence-electron chi connectivity index (χ0n) is 12.5. The Hall–Kier alpha value is -0.680. The van der Waals surface area contributed by atoms with Gasteiger partial charge in [0.15, 0.2) is 0 Å². The predicted octanol–water partition coefficient (Wildman–Crippen LogP) is 3.37. The number of hydrogen-bond donors (Lipinski definition) is 1. The minimum atomic E-state index is -0.283. The summed E-state index contributed by atoms with van der Waals surface area (Å²) in [5.41, 5.74) is 6.53. The molecule has 2 N–H and O–H groups in total. The fraction of sp³-hybridized carbons (Fsp3) is 0.625. The highest BCUT2D eigenvalue weighted by molar-refractivity contribution is 6.30. The van der Waals surface area contributed by atoms with Crippen molar-refractivity contribution in [1.82, 2.24) is 4.90 Å². The van der Waals surface area contributed by atoms with E-state index < -0.39 is 0 Å². The number of piperidine rings is 1. The maximum Gasteiger partial charge on any atom is 0.129 e. The summed E-state index contributed by atoms with van der Waals surface area (Å²) in [4.78, 5) is 2.23. The third-order valence-electron chi connectivity index (χ3n) is 3.95. The number of benzene rings is 1. The van der Waals surface area contributed by atoms with Crippen LogP contribution in [0.2, 0.25) is 5.02 Å². The topological polar surface area (TPSA) is 38.5 Å². The fourth-order valence-electron chi connectivity index (χ4n) is 2.91. The number of hydrogen-bond acceptors (Lipinski definition) is 3. The van der Waals surface area contributed by atoms with Crippen LogP contribution < -0.4 is 5.73 Å². The molecule has 5 heteroatoms. The van der Waals surface area contributed by atoms with E-state index in [9.17, 15) is 4.39 Å². The van der Waals surface area contributed by atoms with E-state index >= 15 is 0 Å². The van der Waals surface area contributed by atoms with Crippen molar-refractivity contribution in [3.8, 4) is 0 Å². The van der Waals surface area contributed by atoms with Gasteiger partial charge in [-0.15, -0.1) is 0 Å². The number of likely N-dealkylation sites (tertiary alicyclic amines) is 1. The van der Waals surface area contributed by atoms with Crippen molar-refractivity contribution in [3.05, 3.63) is 34.6 Å². The van der Waals surface area contributed by atoms with Crippen LogP contribution in [0.1, 0.15) is 37.8 Å². The monoisotopic (exact) mass is 314 g/mol. The number of rotatable bonds is 6. The van der Waals surface area contributed by atoms with Crippen LogP contribution in [0.3, 0.4) is 0 Å². The van der Waals surface area contributed by atoms with Crippen LogP contribution in [0.4, 0.5) is 4.39 Å². The first-order valence-corrected chi connectivity index (χ1v) is 8.04. The van der Waals surface area contributed by atoms with Gasteiger partial charge in [-0.25, -0.2) is 4.39 Å². The Balaban J connectivity index is 2.09. The van der Waals surface area contributed by atoms with Gasteiger partial charge < -0.3 is 10.5 Å². The van der Waals surface area contributed by atoms with Crippen molar-refractivity contribution in [3.63, 3.8) is 0 Å². The highest BCUT2D eigenvalue weighted by atomic mass is 35.5. The SMILES string of the molecule is CCCOC1CCCN(C(CN)c2ccc(Cl)cc2F)C1. The van der Waals surface area contributed by atoms with Gasteiger partial charge >= 0.3 is 0 Å². The molecule has 118 valence electrons. The van der Waals surface area contributed by atoms with Gasteiger partial charge in [0.05, 0.1) is 12.1 Å². The van der Waals surface area contributed by atoms with Crippen LogP contribution >= 0.6 is 11.6 Å². The van der Waals surface area contributed by atoms with Crippen LogP contribution in [0.15, 0.2) is 18.2 Å². The molecule has 1 aliphatic rings. The van der Waals surface area contributed by atoms with Crippen LogP contribution in [-0.4, -0.2) is 37.2 Å². The van der Waals surface area contributed by atoms with Gasteiger partial charge in [0.25, 0.3) is 0 Å². The molecule has 0 amide bonds. The van der Waals surface area contributed by atoms with Crippen molar-refractivity contribution >= 4 is 11.6 Å². The number of nitrogens with zero attached hydrogens (tertiary/aromatic N) is 1. The van der Waals surface area contributed by atoms with Crippen molar-refractivity contribution in [2.45, 2.75) is 38.3 Å². The van der Waals surface area contributed by atoms with E-state index in [2.05, 4.69) is 11.8 Å². The highest BCUT2D eigenvalue weighted by Gasteiger charge is 2.28. The normalized spacial score (nSPS) is 21.4. The summed E-state index contributed by atoms with van der Waals surface area (Å²) in [6, 6.07) is 4.70. The zero-order valence-corrected chi connectivity index (χ0v) is 13.3. The molecule has 1 aliphatic heterocycles. The minimum Gasteiger partial charge on any atom is -0.377 e. The van der Waals surface area contributed by atoms with Gasteiger partial charge in [0.2, 0.25) is 0 Å². The van der Waals surface area contributed by atoms with Crippen molar-refractivity contribution in [1.29, 1.82) is 0 Å². The molecule has 2 unspecified atom stereocenters. The maximum atomic E-state index is 14.1. The van der Waals surface area contributed by atoms with Gasteiger partial charge in [0, 0.05) is 30.3 Å². The Morgan fingerprint density at radius 1 is 1.52 bits per heavy atom. The molecule has 0 saturated carbocycles. The molecule has 1 saturated heterocycles. The third kappa shape index (κ3) is 4.39. The van der Waals surface area contributed by atoms with Crippen LogP contribution in [-0.2, 0) is 4.74 Å². The first kappa shape index (κ1) is 16.7. The number of nitrogens with two attached hydrogens (primary N) is 1. The maximum absolute atomic E-state index is 14.1. The van der Waals surface area contributed by atoms with E-state index in [1.807, 2.05) is 0 Å². The summed E-state index contributed by atoms with van der Waals surface area (Å²) in [5, 5.41) is 0.412. The smallest absolute Gasteiger partial charge is 0.129 e. The molecule has 0 bridgehead atoms. The quantitative estimate of drug-likeness (QED) is 0.875. The Morgan fingerprint density at radius 3 is 3.00 bits per heavy atom. The Kier molecular flexibility index (Phi) is 6.42. The van der Waals surface area contributed by atoms with Gasteiger partial charge in [0.1, 0.15) is 5.82 Å². The molecular formula is C16H24ClFN2O. The lowest BCUT2D eigenvalue weighted by Gasteiger charge is -2.38. The van der Waals surface area contributed by atoms with Crippen molar-refractivity contribution in [2.24, 2.45) is 5.73 Å². The summed E-state index contributed by atoms with van der Waals surface area (Å²) in [5.74, 6) is -0.283. The van der Waals surface area contributed by atoms with Gasteiger partial charge in [-0.3, -0.25) is 4.90 Å². The van der Waals surface area contributed by atoms with Crippen LogP contribution in [0, 0.1) is 5.82 Å². The first-order chi connectivity index (χ1) is 10.2. The molecule has 0 aromatic heterocycles. The predicted molar refractivity (Wildman–Crippen MR) is 84.0 cm³/mol. The molecule has 0 radical (unpaired) electrons. The molecule has 0 spiro atoms. The lowest BCUT2D eigenvalue weighted by molar-refractivity contribution is -0.0122. The summed E-state index contributed by atoms with van der Waals surface area (Å²) in [7, 11) is 0. The molecule has 2 atom stereocenters.